The molecule has 0 amide bonds. The van der Waals surface area contributed by atoms with E-state index in [1.165, 1.54) is 30.5 Å². The number of ether oxygens (including phenoxy) is 5. The van der Waals surface area contributed by atoms with E-state index in [9.17, 15) is 14.4 Å². The summed E-state index contributed by atoms with van der Waals surface area (Å²) in [6.45, 7) is 2.35. The van der Waals surface area contributed by atoms with Gasteiger partial charge in [0, 0.05) is 6.07 Å². The third kappa shape index (κ3) is 4.72. The molecule has 0 saturated carbocycles. The molecule has 9 nitrogen and oxygen atoms in total. The van der Waals surface area contributed by atoms with Crippen LogP contribution in [0.25, 0.3) is 11.0 Å². The van der Waals surface area contributed by atoms with Crippen molar-refractivity contribution in [3.8, 4) is 28.7 Å². The molecule has 2 heterocycles. The Morgan fingerprint density at radius 2 is 1.61 bits per heavy atom. The van der Waals surface area contributed by atoms with Gasteiger partial charge < -0.3 is 28.1 Å². The van der Waals surface area contributed by atoms with Gasteiger partial charge in [-0.25, -0.2) is 9.59 Å². The maximum atomic E-state index is 12.9. The second-order valence-electron chi connectivity index (χ2n) is 7.81. The van der Waals surface area contributed by atoms with E-state index in [0.717, 1.165) is 6.42 Å². The summed E-state index contributed by atoms with van der Waals surface area (Å²) in [5.74, 6) is 0.514. The van der Waals surface area contributed by atoms with Gasteiger partial charge in [0.1, 0.15) is 23.3 Å². The summed E-state index contributed by atoms with van der Waals surface area (Å²) in [4.78, 5) is 37.4. The van der Waals surface area contributed by atoms with Gasteiger partial charge in [0.2, 0.25) is 18.0 Å². The fraction of sp³-hybridized carbons (Fsp3) is 0.148. The molecule has 0 N–H and O–H groups in total. The fourth-order valence-corrected chi connectivity index (χ4v) is 3.48. The van der Waals surface area contributed by atoms with Crippen LogP contribution in [0, 0.1) is 0 Å². The van der Waals surface area contributed by atoms with Crippen LogP contribution in [0.5, 0.6) is 28.7 Å². The third-order valence-electron chi connectivity index (χ3n) is 5.29. The number of carbonyl (C=O) groups is 2. The second kappa shape index (κ2) is 9.83. The van der Waals surface area contributed by atoms with Crippen molar-refractivity contribution in [1.29, 1.82) is 0 Å². The predicted molar refractivity (Wildman–Crippen MR) is 127 cm³/mol. The van der Waals surface area contributed by atoms with E-state index >= 15 is 0 Å². The van der Waals surface area contributed by atoms with Crippen LogP contribution in [0.4, 0.5) is 0 Å². The molecule has 0 aliphatic carbocycles. The Kier molecular flexibility index (Phi) is 6.27. The minimum atomic E-state index is -0.600. The first kappa shape index (κ1) is 23.0. The van der Waals surface area contributed by atoms with Gasteiger partial charge in [-0.1, -0.05) is 6.92 Å². The zero-order valence-electron chi connectivity index (χ0n) is 19.1. The first-order valence-electron chi connectivity index (χ1n) is 11.1. The van der Waals surface area contributed by atoms with Crippen molar-refractivity contribution < 1.29 is 37.7 Å². The molecule has 0 atom stereocenters. The molecule has 0 saturated heterocycles. The lowest BCUT2D eigenvalue weighted by Crippen LogP contribution is -2.09. The van der Waals surface area contributed by atoms with E-state index < -0.39 is 17.4 Å². The van der Waals surface area contributed by atoms with E-state index in [2.05, 4.69) is 0 Å². The number of hydrogen-bond acceptors (Lipinski definition) is 9. The molecule has 9 heteroatoms. The van der Waals surface area contributed by atoms with Gasteiger partial charge >= 0.3 is 11.9 Å². The van der Waals surface area contributed by atoms with E-state index in [0.29, 0.717) is 29.4 Å². The highest BCUT2D eigenvalue weighted by Crippen LogP contribution is 2.33. The molecular weight excluding hydrogens is 468 g/mol. The maximum absolute atomic E-state index is 12.9. The van der Waals surface area contributed by atoms with Crippen LogP contribution < -0.4 is 24.4 Å². The minimum Gasteiger partial charge on any atom is -0.462 e. The number of esters is 2. The standard InChI is InChI=1S/C27H20O9/c1-2-11-31-26(29)16-3-6-18(7-4-16)35-24-14-32-22-13-19(8-9-20(22)25(24)28)36-27(30)17-5-10-21-23(12-17)34-15-33-21/h3-10,12-14H,2,11,15H2,1H3. The molecular formula is C27H20O9. The molecule has 5 rings (SSSR count). The van der Waals surface area contributed by atoms with E-state index in [-0.39, 0.29) is 34.8 Å². The maximum Gasteiger partial charge on any atom is 0.343 e. The molecule has 182 valence electrons. The smallest absolute Gasteiger partial charge is 0.343 e. The van der Waals surface area contributed by atoms with Crippen LogP contribution in [0.2, 0.25) is 0 Å². The summed E-state index contributed by atoms with van der Waals surface area (Å²) in [5, 5.41) is 0.246. The zero-order chi connectivity index (χ0) is 25.1. The SMILES string of the molecule is CCCOC(=O)c1ccc(Oc2coc3cc(OC(=O)c4ccc5c(c4)OCO5)ccc3c2=O)cc1. The van der Waals surface area contributed by atoms with E-state index in [1.54, 1.807) is 36.4 Å². The molecule has 3 aromatic carbocycles. The Morgan fingerprint density at radius 3 is 2.42 bits per heavy atom. The van der Waals surface area contributed by atoms with E-state index in [1.807, 2.05) is 6.92 Å². The number of carbonyl (C=O) groups excluding carboxylic acids is 2. The first-order valence-corrected chi connectivity index (χ1v) is 11.1. The first-order chi connectivity index (χ1) is 17.5. The lowest BCUT2D eigenvalue weighted by atomic mass is 10.2. The molecule has 4 aromatic rings. The third-order valence-corrected chi connectivity index (χ3v) is 5.29. The molecule has 0 bridgehead atoms. The Labute approximate surface area is 204 Å². The summed E-state index contributed by atoms with van der Waals surface area (Å²) in [6, 6.07) is 15.4. The minimum absolute atomic E-state index is 0.0334. The molecule has 0 spiro atoms. The van der Waals surface area contributed by atoms with Crippen molar-refractivity contribution >= 4 is 22.9 Å². The Bertz CT molecular complexity index is 1500. The Balaban J connectivity index is 1.30. The van der Waals surface area contributed by atoms with Crippen LogP contribution in [0.3, 0.4) is 0 Å². The van der Waals surface area contributed by atoms with Crippen LogP contribution in [-0.4, -0.2) is 25.3 Å². The van der Waals surface area contributed by atoms with Gasteiger partial charge in [-0.05, 0) is 61.0 Å². The van der Waals surface area contributed by atoms with Gasteiger partial charge in [0.25, 0.3) is 0 Å². The molecule has 1 aliphatic rings. The molecule has 0 radical (unpaired) electrons. The van der Waals surface area contributed by atoms with Gasteiger partial charge in [-0.3, -0.25) is 4.79 Å². The van der Waals surface area contributed by atoms with Crippen LogP contribution >= 0.6 is 0 Å². The van der Waals surface area contributed by atoms with Crippen LogP contribution in [-0.2, 0) is 4.74 Å². The normalized spacial score (nSPS) is 11.8. The van der Waals surface area contributed by atoms with Crippen molar-refractivity contribution in [3.05, 3.63) is 88.3 Å². The molecule has 1 aliphatic heterocycles. The second-order valence-corrected chi connectivity index (χ2v) is 7.81. The number of fused-ring (bicyclic) bond motifs is 2. The highest BCUT2D eigenvalue weighted by atomic mass is 16.7. The monoisotopic (exact) mass is 488 g/mol. The summed E-state index contributed by atoms with van der Waals surface area (Å²) >= 11 is 0. The number of benzene rings is 3. The Morgan fingerprint density at radius 1 is 0.861 bits per heavy atom. The quantitative estimate of drug-likeness (QED) is 0.259. The fourth-order valence-electron chi connectivity index (χ4n) is 3.48. The summed E-state index contributed by atoms with van der Waals surface area (Å²) in [6.07, 6.45) is 1.91. The van der Waals surface area contributed by atoms with Crippen molar-refractivity contribution in [2.24, 2.45) is 0 Å². The summed E-state index contributed by atoms with van der Waals surface area (Å²) in [5.41, 5.74) is 0.479. The van der Waals surface area contributed by atoms with Gasteiger partial charge in [0.15, 0.2) is 11.5 Å². The number of rotatable bonds is 7. The van der Waals surface area contributed by atoms with Crippen molar-refractivity contribution in [1.82, 2.24) is 0 Å². The Hall–Kier alpha value is -4.79. The number of hydrogen-bond donors (Lipinski definition) is 0. The highest BCUT2D eigenvalue weighted by molar-refractivity contribution is 5.92. The summed E-state index contributed by atoms with van der Waals surface area (Å²) in [7, 11) is 0. The van der Waals surface area contributed by atoms with Gasteiger partial charge in [-0.2, -0.15) is 0 Å². The average molecular weight is 488 g/mol. The van der Waals surface area contributed by atoms with E-state index in [4.69, 9.17) is 28.1 Å². The molecule has 0 fully saturated rings. The molecule has 0 unspecified atom stereocenters. The molecule has 36 heavy (non-hydrogen) atoms. The average Bonchev–Trinajstić information content (AvgIpc) is 3.37. The largest absolute Gasteiger partial charge is 0.462 e. The topological polar surface area (TPSA) is 110 Å². The predicted octanol–water partition coefficient (Wildman–Crippen LogP) is 5.10. The highest BCUT2D eigenvalue weighted by Gasteiger charge is 2.18. The zero-order valence-corrected chi connectivity index (χ0v) is 19.1. The summed E-state index contributed by atoms with van der Waals surface area (Å²) < 4.78 is 32.3. The van der Waals surface area contributed by atoms with Gasteiger partial charge in [-0.15, -0.1) is 0 Å². The van der Waals surface area contributed by atoms with Crippen LogP contribution in [0.15, 0.2) is 76.1 Å². The van der Waals surface area contributed by atoms with Crippen molar-refractivity contribution in [3.63, 3.8) is 0 Å². The van der Waals surface area contributed by atoms with Crippen molar-refractivity contribution in [2.45, 2.75) is 13.3 Å². The lowest BCUT2D eigenvalue weighted by molar-refractivity contribution is 0.0504. The van der Waals surface area contributed by atoms with Gasteiger partial charge in [0.05, 0.1) is 23.1 Å². The lowest BCUT2D eigenvalue weighted by Gasteiger charge is -2.08. The van der Waals surface area contributed by atoms with Crippen LogP contribution in [0.1, 0.15) is 34.1 Å². The molecule has 1 aromatic heterocycles. The van der Waals surface area contributed by atoms with Crippen molar-refractivity contribution in [2.75, 3.05) is 13.4 Å².